The van der Waals surface area contributed by atoms with E-state index in [1.165, 1.54) is 10.8 Å². The number of hydrogen-bond donors (Lipinski definition) is 2. The van der Waals surface area contributed by atoms with E-state index in [2.05, 4.69) is 9.98 Å². The van der Waals surface area contributed by atoms with Crippen LogP contribution in [0.3, 0.4) is 0 Å². The van der Waals surface area contributed by atoms with Gasteiger partial charge in [0.05, 0.1) is 17.6 Å². The molecule has 1 heterocycles. The van der Waals surface area contributed by atoms with E-state index in [0.29, 0.717) is 31.9 Å². The summed E-state index contributed by atoms with van der Waals surface area (Å²) >= 11 is 17.0. The molecule has 0 saturated carbocycles. The Morgan fingerprint density at radius 2 is 1.57 bits per heavy atom. The predicted molar refractivity (Wildman–Crippen MR) is 96.3 cm³/mol. The van der Waals surface area contributed by atoms with Gasteiger partial charge in [-0.05, 0) is 60.7 Å². The molecule has 2 aromatic carbocycles. The molecule has 0 saturated heterocycles. The fraction of sp³-hybridized carbons (Fsp3) is 0. The first-order valence-electron chi connectivity index (χ1n) is 6.64. The molecule has 0 fully saturated rings. The quantitative estimate of drug-likeness (QED) is 0.490. The number of aromatic hydroxyl groups is 1. The number of benzene rings is 2. The molecule has 4 nitrogen and oxygen atoms in total. The molecular formula is C16H11Cl2N3OS. The molecule has 0 bridgehead atoms. The van der Waals surface area contributed by atoms with Crippen molar-refractivity contribution in [1.29, 1.82) is 0 Å². The summed E-state index contributed by atoms with van der Waals surface area (Å²) in [4.78, 5) is 7.21. The third-order valence-electron chi connectivity index (χ3n) is 3.15. The zero-order valence-electron chi connectivity index (χ0n) is 11.7. The van der Waals surface area contributed by atoms with Gasteiger partial charge < -0.3 is 10.1 Å². The van der Waals surface area contributed by atoms with Crippen LogP contribution in [-0.4, -0.2) is 20.9 Å². The van der Waals surface area contributed by atoms with Crippen LogP contribution in [0.4, 0.5) is 5.69 Å². The highest BCUT2D eigenvalue weighted by molar-refractivity contribution is 7.71. The standard InChI is InChI=1S/C16H11Cl2N3OS/c17-10-1-5-12(6-2-10)19-9-14-15(22)21(16(23)20-14)13-7-3-11(18)4-8-13/h1-9,22H,(H,20,23). The van der Waals surface area contributed by atoms with Crippen LogP contribution < -0.4 is 0 Å². The lowest BCUT2D eigenvalue weighted by atomic mass is 10.3. The Morgan fingerprint density at radius 1 is 1.00 bits per heavy atom. The molecule has 0 aliphatic rings. The maximum absolute atomic E-state index is 10.4. The lowest BCUT2D eigenvalue weighted by molar-refractivity contribution is 0.441. The molecule has 2 N–H and O–H groups in total. The van der Waals surface area contributed by atoms with Crippen LogP contribution in [0.15, 0.2) is 53.5 Å². The van der Waals surface area contributed by atoms with Crippen molar-refractivity contribution in [2.45, 2.75) is 0 Å². The van der Waals surface area contributed by atoms with E-state index in [1.807, 2.05) is 0 Å². The number of rotatable bonds is 3. The topological polar surface area (TPSA) is 53.3 Å². The zero-order chi connectivity index (χ0) is 16.4. The summed E-state index contributed by atoms with van der Waals surface area (Å²) in [7, 11) is 0. The number of imidazole rings is 1. The van der Waals surface area contributed by atoms with Crippen LogP contribution in [0.25, 0.3) is 5.69 Å². The number of nitrogens with zero attached hydrogens (tertiary/aromatic N) is 2. The van der Waals surface area contributed by atoms with Gasteiger partial charge in [0.2, 0.25) is 5.88 Å². The van der Waals surface area contributed by atoms with E-state index in [4.69, 9.17) is 35.4 Å². The largest absolute Gasteiger partial charge is 0.493 e. The summed E-state index contributed by atoms with van der Waals surface area (Å²) in [6.45, 7) is 0. The highest BCUT2D eigenvalue weighted by atomic mass is 35.5. The number of aliphatic imine (C=N–C) groups is 1. The molecule has 0 amide bonds. The van der Waals surface area contributed by atoms with Crippen LogP contribution in [0.1, 0.15) is 5.69 Å². The first-order valence-corrected chi connectivity index (χ1v) is 7.80. The van der Waals surface area contributed by atoms with Gasteiger partial charge in [0.25, 0.3) is 0 Å². The van der Waals surface area contributed by atoms with Crippen molar-refractivity contribution in [3.05, 3.63) is 69.0 Å². The molecule has 0 atom stereocenters. The molecule has 0 aliphatic heterocycles. The Hall–Kier alpha value is -2.08. The maximum Gasteiger partial charge on any atom is 0.224 e. The lowest BCUT2D eigenvalue weighted by Gasteiger charge is -2.04. The van der Waals surface area contributed by atoms with Gasteiger partial charge in [-0.25, -0.2) is 0 Å². The molecule has 116 valence electrons. The number of hydrogen-bond acceptors (Lipinski definition) is 3. The summed E-state index contributed by atoms with van der Waals surface area (Å²) in [6.07, 6.45) is 1.51. The first kappa shape index (κ1) is 15.8. The number of nitrogens with one attached hydrogen (secondary N) is 1. The Morgan fingerprint density at radius 3 is 2.17 bits per heavy atom. The minimum absolute atomic E-state index is 0.0185. The molecular weight excluding hydrogens is 353 g/mol. The Bertz CT molecular complexity index is 912. The molecule has 0 aliphatic carbocycles. The average Bonchev–Trinajstić information content (AvgIpc) is 2.82. The Kier molecular flexibility index (Phi) is 4.52. The van der Waals surface area contributed by atoms with Gasteiger partial charge in [-0.1, -0.05) is 23.2 Å². The van der Waals surface area contributed by atoms with Crippen molar-refractivity contribution in [3.8, 4) is 11.6 Å². The molecule has 7 heteroatoms. The molecule has 0 radical (unpaired) electrons. The average molecular weight is 364 g/mol. The monoisotopic (exact) mass is 363 g/mol. The van der Waals surface area contributed by atoms with E-state index in [0.717, 1.165) is 0 Å². The van der Waals surface area contributed by atoms with E-state index in [9.17, 15) is 5.11 Å². The van der Waals surface area contributed by atoms with Gasteiger partial charge in [-0.15, -0.1) is 0 Å². The molecule has 3 aromatic rings. The summed E-state index contributed by atoms with van der Waals surface area (Å²) < 4.78 is 1.87. The van der Waals surface area contributed by atoms with Gasteiger partial charge in [0.1, 0.15) is 5.69 Å². The lowest BCUT2D eigenvalue weighted by Crippen LogP contribution is -1.93. The van der Waals surface area contributed by atoms with E-state index >= 15 is 0 Å². The van der Waals surface area contributed by atoms with Gasteiger partial charge >= 0.3 is 0 Å². The molecule has 0 unspecified atom stereocenters. The van der Waals surface area contributed by atoms with E-state index in [-0.39, 0.29) is 5.88 Å². The molecule has 23 heavy (non-hydrogen) atoms. The Balaban J connectivity index is 1.96. The van der Waals surface area contributed by atoms with Gasteiger partial charge in [-0.3, -0.25) is 9.56 Å². The summed E-state index contributed by atoms with van der Waals surface area (Å²) in [5.74, 6) is -0.0185. The highest BCUT2D eigenvalue weighted by Gasteiger charge is 2.11. The normalized spacial score (nSPS) is 11.2. The number of halogens is 2. The van der Waals surface area contributed by atoms with Crippen molar-refractivity contribution in [2.24, 2.45) is 4.99 Å². The highest BCUT2D eigenvalue weighted by Crippen LogP contribution is 2.23. The number of H-pyrrole nitrogens is 1. The van der Waals surface area contributed by atoms with Crippen molar-refractivity contribution in [2.75, 3.05) is 0 Å². The third-order valence-corrected chi connectivity index (χ3v) is 3.94. The fourth-order valence-electron chi connectivity index (χ4n) is 2.03. The fourth-order valence-corrected chi connectivity index (χ4v) is 2.58. The second-order valence-corrected chi connectivity index (χ2v) is 5.97. The van der Waals surface area contributed by atoms with Crippen LogP contribution in [0.5, 0.6) is 5.88 Å². The second kappa shape index (κ2) is 6.58. The SMILES string of the molecule is Oc1c(C=Nc2ccc(Cl)cc2)[nH]c(=S)n1-c1ccc(Cl)cc1. The number of aromatic nitrogens is 2. The summed E-state index contributed by atoms with van der Waals surface area (Å²) in [6, 6.07) is 14.0. The molecule has 3 rings (SSSR count). The molecule has 0 spiro atoms. The van der Waals surface area contributed by atoms with Crippen LogP contribution >= 0.6 is 35.4 Å². The summed E-state index contributed by atoms with van der Waals surface area (Å²) in [5.41, 5.74) is 1.84. The van der Waals surface area contributed by atoms with Crippen molar-refractivity contribution in [1.82, 2.24) is 9.55 Å². The van der Waals surface area contributed by atoms with Crippen LogP contribution in [0, 0.1) is 4.77 Å². The minimum atomic E-state index is -0.0185. The maximum atomic E-state index is 10.4. The van der Waals surface area contributed by atoms with E-state index in [1.54, 1.807) is 48.5 Å². The van der Waals surface area contributed by atoms with Gasteiger partial charge in [0, 0.05) is 10.0 Å². The molecule has 1 aromatic heterocycles. The number of aromatic amines is 1. The van der Waals surface area contributed by atoms with Crippen molar-refractivity contribution >= 4 is 47.3 Å². The van der Waals surface area contributed by atoms with Crippen molar-refractivity contribution < 1.29 is 5.11 Å². The first-order chi connectivity index (χ1) is 11.0. The van der Waals surface area contributed by atoms with E-state index < -0.39 is 0 Å². The zero-order valence-corrected chi connectivity index (χ0v) is 14.0. The minimum Gasteiger partial charge on any atom is -0.493 e. The third kappa shape index (κ3) is 3.47. The van der Waals surface area contributed by atoms with Crippen molar-refractivity contribution in [3.63, 3.8) is 0 Å². The van der Waals surface area contributed by atoms with Crippen LogP contribution in [0.2, 0.25) is 10.0 Å². The smallest absolute Gasteiger partial charge is 0.224 e. The second-order valence-electron chi connectivity index (χ2n) is 4.71. The predicted octanol–water partition coefficient (Wildman–Crippen LogP) is 5.30. The van der Waals surface area contributed by atoms with Crippen LogP contribution in [-0.2, 0) is 0 Å². The van der Waals surface area contributed by atoms with Gasteiger partial charge in [0.15, 0.2) is 4.77 Å². The summed E-state index contributed by atoms with van der Waals surface area (Å²) in [5, 5.41) is 11.6. The Labute approximate surface area is 147 Å². The van der Waals surface area contributed by atoms with Gasteiger partial charge in [-0.2, -0.15) is 0 Å².